The second-order valence-corrected chi connectivity index (χ2v) is 3.54. The first kappa shape index (κ1) is 8.96. The van der Waals surface area contributed by atoms with Gasteiger partial charge in [0.05, 0.1) is 12.7 Å². The molecule has 0 spiro atoms. The first-order valence-corrected chi connectivity index (χ1v) is 4.94. The Morgan fingerprint density at radius 1 is 1.64 bits per heavy atom. The van der Waals surface area contributed by atoms with E-state index in [4.69, 9.17) is 4.42 Å². The summed E-state index contributed by atoms with van der Waals surface area (Å²) in [6.45, 7) is 0. The molecule has 14 heavy (non-hydrogen) atoms. The van der Waals surface area contributed by atoms with Gasteiger partial charge in [-0.1, -0.05) is 0 Å². The second kappa shape index (κ2) is 4.06. The molecule has 0 aromatic carbocycles. The highest BCUT2D eigenvalue weighted by Crippen LogP contribution is 2.11. The summed E-state index contributed by atoms with van der Waals surface area (Å²) in [4.78, 5) is 15.3. The van der Waals surface area contributed by atoms with Crippen molar-refractivity contribution < 1.29 is 9.21 Å². The van der Waals surface area contributed by atoms with E-state index in [-0.39, 0.29) is 12.3 Å². The fourth-order valence-electron chi connectivity index (χ4n) is 1.02. The summed E-state index contributed by atoms with van der Waals surface area (Å²) in [5, 5.41) is 5.09. The van der Waals surface area contributed by atoms with Gasteiger partial charge in [-0.3, -0.25) is 4.79 Å². The molecule has 1 N–H and O–H groups in total. The molecule has 0 saturated heterocycles. The lowest BCUT2D eigenvalue weighted by Crippen LogP contribution is -2.13. The van der Waals surface area contributed by atoms with Crippen molar-refractivity contribution in [2.24, 2.45) is 0 Å². The molecular formula is C9H8N2O2S. The molecule has 0 radical (unpaired) electrons. The van der Waals surface area contributed by atoms with E-state index in [9.17, 15) is 4.79 Å². The van der Waals surface area contributed by atoms with Crippen molar-refractivity contribution in [1.29, 1.82) is 0 Å². The molecule has 0 aliphatic rings. The molecule has 4 nitrogen and oxygen atoms in total. The van der Waals surface area contributed by atoms with Crippen LogP contribution in [0.1, 0.15) is 5.76 Å². The molecule has 0 aliphatic heterocycles. The standard InChI is InChI=1S/C9H8N2O2S/c12-8(6-7-2-1-4-13-7)11-9-10-3-5-14-9/h1-5H,6H2,(H,10,11,12). The molecule has 0 bridgehead atoms. The van der Waals surface area contributed by atoms with Gasteiger partial charge in [0.15, 0.2) is 5.13 Å². The lowest BCUT2D eigenvalue weighted by atomic mass is 10.3. The molecule has 2 heterocycles. The Labute approximate surface area is 84.6 Å². The number of nitrogens with one attached hydrogen (secondary N) is 1. The van der Waals surface area contributed by atoms with Crippen LogP contribution in [0.2, 0.25) is 0 Å². The van der Waals surface area contributed by atoms with Gasteiger partial charge in [0.2, 0.25) is 5.91 Å². The molecule has 0 fully saturated rings. The Bertz CT molecular complexity index is 356. The number of aromatic nitrogens is 1. The van der Waals surface area contributed by atoms with Gasteiger partial charge in [-0.05, 0) is 12.1 Å². The maximum absolute atomic E-state index is 11.4. The van der Waals surface area contributed by atoms with Crippen molar-refractivity contribution in [3.8, 4) is 0 Å². The van der Waals surface area contributed by atoms with Crippen molar-refractivity contribution in [2.45, 2.75) is 6.42 Å². The molecule has 0 atom stereocenters. The highest BCUT2D eigenvalue weighted by molar-refractivity contribution is 7.13. The highest BCUT2D eigenvalue weighted by Gasteiger charge is 2.06. The monoisotopic (exact) mass is 208 g/mol. The minimum Gasteiger partial charge on any atom is -0.469 e. The van der Waals surface area contributed by atoms with Crippen LogP contribution in [0.15, 0.2) is 34.4 Å². The van der Waals surface area contributed by atoms with Crippen LogP contribution in [-0.4, -0.2) is 10.9 Å². The Hall–Kier alpha value is -1.62. The number of nitrogens with zero attached hydrogens (tertiary/aromatic N) is 1. The summed E-state index contributed by atoms with van der Waals surface area (Å²) in [5.41, 5.74) is 0. The zero-order valence-electron chi connectivity index (χ0n) is 7.27. The molecule has 2 aromatic heterocycles. The number of hydrogen-bond donors (Lipinski definition) is 1. The van der Waals surface area contributed by atoms with Gasteiger partial charge in [0.25, 0.3) is 0 Å². The zero-order chi connectivity index (χ0) is 9.80. The zero-order valence-corrected chi connectivity index (χ0v) is 8.08. The smallest absolute Gasteiger partial charge is 0.233 e. The number of rotatable bonds is 3. The quantitative estimate of drug-likeness (QED) is 0.838. The lowest BCUT2D eigenvalue weighted by molar-refractivity contribution is -0.115. The molecule has 2 aromatic rings. The minimum absolute atomic E-state index is 0.116. The van der Waals surface area contributed by atoms with E-state index in [1.165, 1.54) is 11.3 Å². The number of furan rings is 1. The maximum atomic E-state index is 11.4. The fourth-order valence-corrected chi connectivity index (χ4v) is 1.57. The van der Waals surface area contributed by atoms with E-state index in [0.29, 0.717) is 10.9 Å². The van der Waals surface area contributed by atoms with E-state index in [1.807, 2.05) is 5.38 Å². The van der Waals surface area contributed by atoms with Crippen molar-refractivity contribution in [1.82, 2.24) is 4.98 Å². The predicted molar refractivity (Wildman–Crippen MR) is 53.2 cm³/mol. The Morgan fingerprint density at radius 3 is 3.21 bits per heavy atom. The van der Waals surface area contributed by atoms with Crippen LogP contribution in [-0.2, 0) is 11.2 Å². The van der Waals surface area contributed by atoms with Gasteiger partial charge in [0, 0.05) is 11.6 Å². The summed E-state index contributed by atoms with van der Waals surface area (Å²) in [7, 11) is 0. The van der Waals surface area contributed by atoms with E-state index in [1.54, 1.807) is 24.6 Å². The van der Waals surface area contributed by atoms with Crippen LogP contribution in [0, 0.1) is 0 Å². The molecule has 1 amide bonds. The van der Waals surface area contributed by atoms with Crippen molar-refractivity contribution in [2.75, 3.05) is 5.32 Å². The third kappa shape index (κ3) is 2.20. The van der Waals surface area contributed by atoms with Gasteiger partial charge in [-0.25, -0.2) is 4.98 Å². The van der Waals surface area contributed by atoms with Gasteiger partial charge in [-0.15, -0.1) is 11.3 Å². The average molecular weight is 208 g/mol. The topological polar surface area (TPSA) is 55.1 Å². The molecule has 2 rings (SSSR count). The molecule has 0 saturated carbocycles. The fraction of sp³-hybridized carbons (Fsp3) is 0.111. The summed E-state index contributed by atoms with van der Waals surface area (Å²) < 4.78 is 5.05. The highest BCUT2D eigenvalue weighted by atomic mass is 32.1. The van der Waals surface area contributed by atoms with E-state index in [0.717, 1.165) is 0 Å². The predicted octanol–water partition coefficient (Wildman–Crippen LogP) is 1.92. The molecule has 0 aliphatic carbocycles. The van der Waals surface area contributed by atoms with Gasteiger partial charge in [0.1, 0.15) is 5.76 Å². The number of anilines is 1. The van der Waals surface area contributed by atoms with E-state index < -0.39 is 0 Å². The van der Waals surface area contributed by atoms with Crippen molar-refractivity contribution in [3.05, 3.63) is 35.7 Å². The van der Waals surface area contributed by atoms with Crippen LogP contribution < -0.4 is 5.32 Å². The first-order chi connectivity index (χ1) is 6.84. The lowest BCUT2D eigenvalue weighted by Gasteiger charge is -1.98. The maximum Gasteiger partial charge on any atom is 0.233 e. The van der Waals surface area contributed by atoms with Gasteiger partial charge >= 0.3 is 0 Å². The summed E-state index contributed by atoms with van der Waals surface area (Å²) in [6.07, 6.45) is 3.44. The number of amides is 1. The minimum atomic E-state index is -0.116. The number of thiazole rings is 1. The van der Waals surface area contributed by atoms with Crippen LogP contribution in [0.25, 0.3) is 0 Å². The van der Waals surface area contributed by atoms with Crippen LogP contribution >= 0.6 is 11.3 Å². The largest absolute Gasteiger partial charge is 0.469 e. The van der Waals surface area contributed by atoms with Gasteiger partial charge < -0.3 is 9.73 Å². The Morgan fingerprint density at radius 2 is 2.57 bits per heavy atom. The van der Waals surface area contributed by atoms with Gasteiger partial charge in [-0.2, -0.15) is 0 Å². The van der Waals surface area contributed by atoms with Crippen LogP contribution in [0.4, 0.5) is 5.13 Å². The third-order valence-electron chi connectivity index (χ3n) is 1.59. The average Bonchev–Trinajstić information content (AvgIpc) is 2.76. The summed E-state index contributed by atoms with van der Waals surface area (Å²) in [6, 6.07) is 3.52. The summed E-state index contributed by atoms with van der Waals surface area (Å²) >= 11 is 1.39. The Kier molecular flexibility index (Phi) is 2.60. The SMILES string of the molecule is O=C(Cc1ccco1)Nc1nccs1. The number of carbonyl (C=O) groups is 1. The van der Waals surface area contributed by atoms with E-state index in [2.05, 4.69) is 10.3 Å². The summed E-state index contributed by atoms with van der Waals surface area (Å²) in [5.74, 6) is 0.536. The number of carbonyl (C=O) groups excluding carboxylic acids is 1. The molecular weight excluding hydrogens is 200 g/mol. The molecule has 5 heteroatoms. The Balaban J connectivity index is 1.91. The number of hydrogen-bond acceptors (Lipinski definition) is 4. The second-order valence-electron chi connectivity index (χ2n) is 2.64. The van der Waals surface area contributed by atoms with Crippen LogP contribution in [0.3, 0.4) is 0 Å². The molecule has 72 valence electrons. The van der Waals surface area contributed by atoms with E-state index >= 15 is 0 Å². The van der Waals surface area contributed by atoms with Crippen LogP contribution in [0.5, 0.6) is 0 Å². The normalized spacial score (nSPS) is 10.0. The van der Waals surface area contributed by atoms with Crippen molar-refractivity contribution >= 4 is 22.4 Å². The first-order valence-electron chi connectivity index (χ1n) is 4.06. The van der Waals surface area contributed by atoms with Crippen molar-refractivity contribution in [3.63, 3.8) is 0 Å². The molecule has 0 unspecified atom stereocenters. The third-order valence-corrected chi connectivity index (χ3v) is 2.28.